The molecule has 0 bridgehead atoms. The van der Waals surface area contributed by atoms with Crippen molar-refractivity contribution in [3.8, 4) is 0 Å². The van der Waals surface area contributed by atoms with Gasteiger partial charge in [-0.3, -0.25) is 4.68 Å². The fourth-order valence-electron chi connectivity index (χ4n) is 2.99. The summed E-state index contributed by atoms with van der Waals surface area (Å²) in [7, 11) is 1.99. The predicted octanol–water partition coefficient (Wildman–Crippen LogP) is 3.05. The van der Waals surface area contributed by atoms with Crippen LogP contribution in [-0.2, 0) is 13.5 Å². The summed E-state index contributed by atoms with van der Waals surface area (Å²) in [5.74, 6) is 1.15. The molecule has 0 aromatic carbocycles. The van der Waals surface area contributed by atoms with Crippen molar-refractivity contribution in [3.63, 3.8) is 0 Å². The highest BCUT2D eigenvalue weighted by Gasteiger charge is 2.24. The Morgan fingerprint density at radius 2 is 2.37 bits per heavy atom. The maximum atomic E-state index is 5.54. The maximum absolute atomic E-state index is 5.54. The lowest BCUT2D eigenvalue weighted by Gasteiger charge is -2.26. The van der Waals surface area contributed by atoms with Crippen LogP contribution in [0, 0.1) is 6.92 Å². The second-order valence-electron chi connectivity index (χ2n) is 5.44. The van der Waals surface area contributed by atoms with E-state index < -0.39 is 0 Å². The first kappa shape index (κ1) is 12.5. The molecule has 2 unspecified atom stereocenters. The fraction of sp³-hybridized carbons (Fsp3) is 0.533. The molecule has 0 amide bonds. The molecule has 0 aliphatic heterocycles. The normalized spacial score (nSPS) is 20.3. The Balaban J connectivity index is 1.78. The van der Waals surface area contributed by atoms with E-state index in [2.05, 4.69) is 30.3 Å². The van der Waals surface area contributed by atoms with Crippen LogP contribution in [0.15, 0.2) is 22.9 Å². The van der Waals surface area contributed by atoms with Crippen molar-refractivity contribution in [2.75, 3.05) is 0 Å². The van der Waals surface area contributed by atoms with E-state index >= 15 is 0 Å². The summed E-state index contributed by atoms with van der Waals surface area (Å²) in [4.78, 5) is 0. The monoisotopic (exact) mass is 259 g/mol. The molecule has 4 nitrogen and oxygen atoms in total. The van der Waals surface area contributed by atoms with Gasteiger partial charge >= 0.3 is 0 Å². The molecule has 0 spiro atoms. The molecule has 19 heavy (non-hydrogen) atoms. The van der Waals surface area contributed by atoms with Gasteiger partial charge in [-0.25, -0.2) is 0 Å². The van der Waals surface area contributed by atoms with E-state index in [1.54, 1.807) is 0 Å². The molecular formula is C15H21N3O. The van der Waals surface area contributed by atoms with Crippen molar-refractivity contribution in [2.24, 2.45) is 7.05 Å². The van der Waals surface area contributed by atoms with Crippen LogP contribution < -0.4 is 5.32 Å². The standard InChI is InChI=1S/C15H21N3O/c1-10(13-9-16-18(3)11(13)2)17-14-5-4-6-15-12(14)7-8-19-15/h7-10,14,17H,4-6H2,1-3H3. The van der Waals surface area contributed by atoms with Gasteiger partial charge in [0.15, 0.2) is 0 Å². The number of rotatable bonds is 3. The van der Waals surface area contributed by atoms with E-state index in [1.165, 1.54) is 29.7 Å². The van der Waals surface area contributed by atoms with Crippen molar-refractivity contribution in [2.45, 2.75) is 45.2 Å². The molecule has 2 heterocycles. The molecule has 0 saturated heterocycles. The van der Waals surface area contributed by atoms with Crippen molar-refractivity contribution in [1.82, 2.24) is 15.1 Å². The van der Waals surface area contributed by atoms with Crippen LogP contribution in [0.4, 0.5) is 0 Å². The number of nitrogens with zero attached hydrogens (tertiary/aromatic N) is 2. The Morgan fingerprint density at radius 1 is 1.53 bits per heavy atom. The molecule has 0 radical (unpaired) electrons. The van der Waals surface area contributed by atoms with Gasteiger partial charge in [-0.05, 0) is 32.8 Å². The SMILES string of the molecule is Cc1c(C(C)NC2CCCc3occc32)cnn1C. The smallest absolute Gasteiger partial charge is 0.108 e. The fourth-order valence-corrected chi connectivity index (χ4v) is 2.99. The minimum atomic E-state index is 0.305. The van der Waals surface area contributed by atoms with Crippen molar-refractivity contribution < 1.29 is 4.42 Å². The Labute approximate surface area is 113 Å². The summed E-state index contributed by atoms with van der Waals surface area (Å²) in [6.07, 6.45) is 7.21. The average Bonchev–Trinajstić information content (AvgIpc) is 2.98. The Hall–Kier alpha value is -1.55. The summed E-state index contributed by atoms with van der Waals surface area (Å²) in [6.45, 7) is 4.32. The average molecular weight is 259 g/mol. The lowest BCUT2D eigenvalue weighted by Crippen LogP contribution is -2.27. The van der Waals surface area contributed by atoms with Crippen LogP contribution in [0.2, 0.25) is 0 Å². The van der Waals surface area contributed by atoms with Crippen molar-refractivity contribution in [1.29, 1.82) is 0 Å². The number of hydrogen-bond acceptors (Lipinski definition) is 3. The Bertz CT molecular complexity index is 570. The van der Waals surface area contributed by atoms with E-state index in [0.29, 0.717) is 12.1 Å². The largest absolute Gasteiger partial charge is 0.469 e. The topological polar surface area (TPSA) is 43.0 Å². The molecule has 1 aliphatic rings. The van der Waals surface area contributed by atoms with Gasteiger partial charge in [0.25, 0.3) is 0 Å². The Morgan fingerprint density at radius 3 is 3.11 bits per heavy atom. The lowest BCUT2D eigenvalue weighted by molar-refractivity contribution is 0.385. The van der Waals surface area contributed by atoms with Crippen molar-refractivity contribution >= 4 is 0 Å². The van der Waals surface area contributed by atoms with Gasteiger partial charge in [0.05, 0.1) is 12.5 Å². The first-order valence-electron chi connectivity index (χ1n) is 6.97. The van der Waals surface area contributed by atoms with Crippen molar-refractivity contribution in [3.05, 3.63) is 41.1 Å². The quantitative estimate of drug-likeness (QED) is 0.921. The summed E-state index contributed by atoms with van der Waals surface area (Å²) in [6, 6.07) is 2.81. The van der Waals surface area contributed by atoms with Gasteiger partial charge in [-0.15, -0.1) is 0 Å². The molecule has 0 saturated carbocycles. The van der Waals surface area contributed by atoms with E-state index in [4.69, 9.17) is 4.42 Å². The van der Waals surface area contributed by atoms with Gasteiger partial charge in [0.1, 0.15) is 5.76 Å². The third-order valence-corrected chi connectivity index (χ3v) is 4.24. The van der Waals surface area contributed by atoms with Crippen LogP contribution in [0.1, 0.15) is 54.4 Å². The zero-order valence-corrected chi connectivity index (χ0v) is 11.8. The Kier molecular flexibility index (Phi) is 3.19. The molecule has 1 N–H and O–H groups in total. The zero-order chi connectivity index (χ0) is 13.4. The molecule has 2 aromatic rings. The van der Waals surface area contributed by atoms with Crippen LogP contribution in [-0.4, -0.2) is 9.78 Å². The van der Waals surface area contributed by atoms with E-state index in [0.717, 1.165) is 12.2 Å². The van der Waals surface area contributed by atoms with Crippen LogP contribution in [0.5, 0.6) is 0 Å². The predicted molar refractivity (Wildman–Crippen MR) is 73.9 cm³/mol. The highest BCUT2D eigenvalue weighted by Crippen LogP contribution is 2.32. The van der Waals surface area contributed by atoms with E-state index in [-0.39, 0.29) is 0 Å². The van der Waals surface area contributed by atoms with Crippen LogP contribution in [0.3, 0.4) is 0 Å². The van der Waals surface area contributed by atoms with Gasteiger partial charge in [-0.2, -0.15) is 5.10 Å². The molecule has 102 valence electrons. The number of furan rings is 1. The number of nitrogens with one attached hydrogen (secondary N) is 1. The molecule has 1 aliphatic carbocycles. The molecular weight excluding hydrogens is 238 g/mol. The third-order valence-electron chi connectivity index (χ3n) is 4.24. The summed E-state index contributed by atoms with van der Waals surface area (Å²) in [5.41, 5.74) is 3.83. The second-order valence-corrected chi connectivity index (χ2v) is 5.44. The zero-order valence-electron chi connectivity index (χ0n) is 11.8. The van der Waals surface area contributed by atoms with Gasteiger partial charge in [0, 0.05) is 42.4 Å². The first-order valence-corrected chi connectivity index (χ1v) is 6.97. The molecule has 4 heteroatoms. The number of hydrogen-bond donors (Lipinski definition) is 1. The lowest BCUT2D eigenvalue weighted by atomic mass is 9.92. The molecule has 2 atom stereocenters. The van der Waals surface area contributed by atoms with Gasteiger partial charge in [0.2, 0.25) is 0 Å². The number of fused-ring (bicyclic) bond motifs is 1. The van der Waals surface area contributed by atoms with E-state index in [9.17, 15) is 0 Å². The third kappa shape index (κ3) is 2.21. The maximum Gasteiger partial charge on any atom is 0.108 e. The highest BCUT2D eigenvalue weighted by molar-refractivity contribution is 5.26. The van der Waals surface area contributed by atoms with Gasteiger partial charge in [-0.1, -0.05) is 0 Å². The van der Waals surface area contributed by atoms with Crippen LogP contribution >= 0.6 is 0 Å². The molecule has 0 fully saturated rings. The molecule has 2 aromatic heterocycles. The first-order chi connectivity index (χ1) is 9.16. The minimum Gasteiger partial charge on any atom is -0.469 e. The van der Waals surface area contributed by atoms with Crippen LogP contribution in [0.25, 0.3) is 0 Å². The summed E-state index contributed by atoms with van der Waals surface area (Å²) >= 11 is 0. The van der Waals surface area contributed by atoms with E-state index in [1.807, 2.05) is 24.2 Å². The highest BCUT2D eigenvalue weighted by atomic mass is 16.3. The number of aryl methyl sites for hydroxylation is 2. The number of aromatic nitrogens is 2. The molecule has 3 rings (SSSR count). The summed E-state index contributed by atoms with van der Waals surface area (Å²) < 4.78 is 7.47. The second kappa shape index (κ2) is 4.85. The van der Waals surface area contributed by atoms with Gasteiger partial charge < -0.3 is 9.73 Å². The minimum absolute atomic E-state index is 0.305. The summed E-state index contributed by atoms with van der Waals surface area (Å²) in [5, 5.41) is 8.04.